The lowest BCUT2D eigenvalue weighted by atomic mass is 9.87. The van der Waals surface area contributed by atoms with Crippen molar-refractivity contribution >= 4 is 31.0 Å². The van der Waals surface area contributed by atoms with E-state index in [2.05, 4.69) is 0 Å². The number of carbonyl (C=O) groups excluding carboxylic acids is 2. The predicted molar refractivity (Wildman–Crippen MR) is 141 cm³/mol. The van der Waals surface area contributed by atoms with Crippen LogP contribution < -0.4 is 14.7 Å². The lowest BCUT2D eigenvalue weighted by molar-refractivity contribution is -0.139. The first-order valence-corrected chi connectivity index (χ1v) is 16.6. The summed E-state index contributed by atoms with van der Waals surface area (Å²) in [5.41, 5.74) is 1.60. The van der Waals surface area contributed by atoms with Crippen LogP contribution >= 0.6 is 0 Å². The maximum Gasteiger partial charge on any atom is 0.320 e. The molecule has 39 heavy (non-hydrogen) atoms. The molecule has 11 heteroatoms. The molecular weight excluding hydrogens is 526 g/mol. The zero-order valence-corrected chi connectivity index (χ0v) is 23.3. The highest BCUT2D eigenvalue weighted by Gasteiger charge is 2.42. The number of hydrogen-bond donors (Lipinski definition) is 1. The highest BCUT2D eigenvalue weighted by Crippen LogP contribution is 2.43. The van der Waals surface area contributed by atoms with E-state index >= 15 is 0 Å². The number of urea groups is 1. The molecule has 3 heterocycles. The Balaban J connectivity index is 1.46. The summed E-state index contributed by atoms with van der Waals surface area (Å²) in [6.45, 7) is 7.16. The number of Topliss-reactive ketones (excluding diaryl/α,β-unsaturated/α-hetero) is 1. The molecule has 1 saturated heterocycles. The Morgan fingerprint density at radius 2 is 1.72 bits per heavy atom. The molecule has 8 nitrogen and oxygen atoms in total. The second-order valence-electron chi connectivity index (χ2n) is 11.5. The summed E-state index contributed by atoms with van der Waals surface area (Å²) in [7, 11) is -2.29. The number of benzene rings is 2. The van der Waals surface area contributed by atoms with Gasteiger partial charge in [-0.2, -0.15) is 0 Å². The molecule has 0 spiro atoms. The largest absolute Gasteiger partial charge is 0.486 e. The Kier molecular flexibility index (Phi) is 7.13. The maximum atomic E-state index is 15.0. The highest BCUT2D eigenvalue weighted by atomic mass is 28.3. The van der Waals surface area contributed by atoms with Crippen LogP contribution in [0.25, 0.3) is 0 Å². The Hall–Kier alpha value is -3.47. The molecule has 2 aromatic rings. The quantitative estimate of drug-likeness (QED) is 0.545. The smallest absolute Gasteiger partial charge is 0.320 e. The van der Waals surface area contributed by atoms with Crippen molar-refractivity contribution in [2.75, 3.05) is 32.8 Å². The molecular formula is C28H32F2N2O6Si. The Morgan fingerprint density at radius 1 is 1.05 bits per heavy atom. The third-order valence-electron chi connectivity index (χ3n) is 7.53. The van der Waals surface area contributed by atoms with E-state index in [1.54, 1.807) is 17.0 Å². The van der Waals surface area contributed by atoms with Crippen LogP contribution in [-0.2, 0) is 22.4 Å². The van der Waals surface area contributed by atoms with Crippen LogP contribution in [0.1, 0.15) is 29.2 Å². The van der Waals surface area contributed by atoms with Gasteiger partial charge in [0.25, 0.3) is 0 Å². The fourth-order valence-corrected chi connectivity index (χ4v) is 7.39. The van der Waals surface area contributed by atoms with E-state index in [9.17, 15) is 23.2 Å². The molecule has 0 unspecified atom stereocenters. The first-order valence-electron chi connectivity index (χ1n) is 13.1. The number of amides is 2. The van der Waals surface area contributed by atoms with Crippen molar-refractivity contribution in [2.24, 2.45) is 5.92 Å². The minimum Gasteiger partial charge on any atom is -0.486 e. The fourth-order valence-electron chi connectivity index (χ4n) is 5.81. The zero-order valence-electron chi connectivity index (χ0n) is 22.3. The average molecular weight is 559 g/mol. The number of ether oxygens (including phenoxy) is 2. The number of halogens is 2. The summed E-state index contributed by atoms with van der Waals surface area (Å²) in [5.74, 6) is -1.59. The van der Waals surface area contributed by atoms with Crippen LogP contribution in [0.3, 0.4) is 0 Å². The number of hydrogen-bond acceptors (Lipinski definition) is 5. The SMILES string of the molecule is C[Si](C)(C)c1c(F)cc(CC(=O)[C@H]2c3ccc4c(c3CCN2C(=O)N2CC(CC(=O)O)C2)OCCO4)cc1F. The van der Waals surface area contributed by atoms with Gasteiger partial charge in [0.2, 0.25) is 0 Å². The summed E-state index contributed by atoms with van der Waals surface area (Å²) in [6, 6.07) is 4.57. The third kappa shape index (κ3) is 5.24. The van der Waals surface area contributed by atoms with E-state index in [1.165, 1.54) is 17.0 Å². The van der Waals surface area contributed by atoms with E-state index in [0.717, 1.165) is 5.56 Å². The van der Waals surface area contributed by atoms with Gasteiger partial charge in [0.05, 0.1) is 14.5 Å². The topological polar surface area (TPSA) is 96.4 Å². The molecule has 0 aliphatic carbocycles. The number of carboxylic acid groups (broad SMARTS) is 1. The minimum absolute atomic E-state index is 0.0248. The number of carbonyl (C=O) groups is 3. The lowest BCUT2D eigenvalue weighted by Crippen LogP contribution is -2.57. The molecule has 1 N–H and O–H groups in total. The number of carboxylic acids is 1. The minimum atomic E-state index is -2.29. The molecule has 208 valence electrons. The number of nitrogens with zero attached hydrogens (tertiary/aromatic N) is 2. The number of fused-ring (bicyclic) bond motifs is 3. The van der Waals surface area contributed by atoms with Gasteiger partial charge in [-0.25, -0.2) is 13.6 Å². The van der Waals surface area contributed by atoms with Gasteiger partial charge in [-0.05, 0) is 35.7 Å². The first kappa shape index (κ1) is 27.1. The molecule has 0 aromatic heterocycles. The highest BCUT2D eigenvalue weighted by molar-refractivity contribution is 6.88. The number of rotatable bonds is 6. The normalized spacial score (nSPS) is 18.8. The van der Waals surface area contributed by atoms with Crippen LogP contribution in [0.4, 0.5) is 13.6 Å². The van der Waals surface area contributed by atoms with Crippen LogP contribution in [0.5, 0.6) is 11.5 Å². The second kappa shape index (κ2) is 10.3. The van der Waals surface area contributed by atoms with E-state index in [4.69, 9.17) is 14.6 Å². The molecule has 1 atom stereocenters. The second-order valence-corrected chi connectivity index (χ2v) is 16.5. The summed E-state index contributed by atoms with van der Waals surface area (Å²) >= 11 is 0. The van der Waals surface area contributed by atoms with Crippen molar-refractivity contribution in [1.82, 2.24) is 9.80 Å². The maximum absolute atomic E-state index is 15.0. The first-order chi connectivity index (χ1) is 18.4. The van der Waals surface area contributed by atoms with E-state index in [1.807, 2.05) is 19.6 Å². The monoisotopic (exact) mass is 558 g/mol. The van der Waals surface area contributed by atoms with Gasteiger partial charge in [-0.15, -0.1) is 0 Å². The standard InChI is InChI=1S/C28H32F2N2O6Si/c1-39(2,3)27-20(29)10-16(11-21(27)30)12-22(33)25-18-4-5-23-26(38-9-8-37-23)19(18)6-7-32(25)28(36)31-14-17(15-31)13-24(34)35/h4-5,10-11,17,25H,6-9,12-15H2,1-3H3,(H,34,35)/t25-/m1/s1. The number of likely N-dealkylation sites (tertiary alicyclic amines) is 1. The van der Waals surface area contributed by atoms with Gasteiger partial charge in [0.1, 0.15) is 30.9 Å². The summed E-state index contributed by atoms with van der Waals surface area (Å²) < 4.78 is 41.5. The Labute approximate surface area is 226 Å². The molecule has 5 rings (SSSR count). The van der Waals surface area contributed by atoms with Crippen molar-refractivity contribution in [2.45, 2.75) is 44.9 Å². The number of ketones is 1. The average Bonchev–Trinajstić information content (AvgIpc) is 2.83. The van der Waals surface area contributed by atoms with Crippen LogP contribution in [0.15, 0.2) is 24.3 Å². The molecule has 1 fully saturated rings. The van der Waals surface area contributed by atoms with Crippen LogP contribution in [0, 0.1) is 17.6 Å². The molecule has 2 amide bonds. The van der Waals surface area contributed by atoms with Gasteiger partial charge in [-0.3, -0.25) is 9.59 Å². The molecule has 0 saturated carbocycles. The van der Waals surface area contributed by atoms with E-state index in [-0.39, 0.29) is 47.9 Å². The van der Waals surface area contributed by atoms with Crippen molar-refractivity contribution in [3.63, 3.8) is 0 Å². The van der Waals surface area contributed by atoms with Crippen LogP contribution in [-0.4, -0.2) is 73.6 Å². The van der Waals surface area contributed by atoms with E-state index in [0.29, 0.717) is 49.8 Å². The Bertz CT molecular complexity index is 1320. The van der Waals surface area contributed by atoms with Crippen molar-refractivity contribution in [3.8, 4) is 11.5 Å². The molecule has 3 aliphatic rings. The Morgan fingerprint density at radius 3 is 2.36 bits per heavy atom. The molecule has 0 radical (unpaired) electrons. The van der Waals surface area contributed by atoms with Gasteiger partial charge < -0.3 is 24.4 Å². The predicted octanol–water partition coefficient (Wildman–Crippen LogP) is 3.52. The van der Waals surface area contributed by atoms with Gasteiger partial charge in [0, 0.05) is 42.7 Å². The van der Waals surface area contributed by atoms with Gasteiger partial charge >= 0.3 is 12.0 Å². The van der Waals surface area contributed by atoms with Gasteiger partial charge in [0.15, 0.2) is 17.3 Å². The van der Waals surface area contributed by atoms with Crippen LogP contribution in [0.2, 0.25) is 19.6 Å². The molecule has 3 aliphatic heterocycles. The number of aliphatic carboxylic acids is 1. The van der Waals surface area contributed by atoms with Crippen molar-refractivity contribution < 1.29 is 37.7 Å². The van der Waals surface area contributed by atoms with Gasteiger partial charge in [-0.1, -0.05) is 25.7 Å². The third-order valence-corrected chi connectivity index (χ3v) is 9.51. The van der Waals surface area contributed by atoms with Crippen molar-refractivity contribution in [1.29, 1.82) is 0 Å². The van der Waals surface area contributed by atoms with Crippen molar-refractivity contribution in [3.05, 3.63) is 52.6 Å². The molecule has 0 bridgehead atoms. The van der Waals surface area contributed by atoms with E-state index < -0.39 is 31.7 Å². The zero-order chi connectivity index (χ0) is 28.1. The lowest BCUT2D eigenvalue weighted by Gasteiger charge is -2.45. The summed E-state index contributed by atoms with van der Waals surface area (Å²) in [4.78, 5) is 41.4. The fraction of sp³-hybridized carbons (Fsp3) is 0.464. The molecule has 2 aromatic carbocycles. The summed E-state index contributed by atoms with van der Waals surface area (Å²) in [6.07, 6.45) is 0.157. The summed E-state index contributed by atoms with van der Waals surface area (Å²) in [5, 5.41) is 9.15.